The van der Waals surface area contributed by atoms with Gasteiger partial charge in [-0.1, -0.05) is 31.9 Å². The van der Waals surface area contributed by atoms with Crippen molar-refractivity contribution in [3.8, 4) is 5.75 Å². The standard InChI is InChI=1S/C16H22O2/c1-4-13-7-8-15(18-3)14(11-13)16(12(2)17)9-5-6-10-16/h7-8,11H,4-6,9-10H2,1-3H3. The van der Waals surface area contributed by atoms with Crippen LogP contribution in [-0.2, 0) is 16.6 Å². The summed E-state index contributed by atoms with van der Waals surface area (Å²) in [5, 5.41) is 0. The largest absolute Gasteiger partial charge is 0.496 e. The topological polar surface area (TPSA) is 26.3 Å². The Bertz CT molecular complexity index is 442. The number of benzene rings is 1. The minimum Gasteiger partial charge on any atom is -0.496 e. The van der Waals surface area contributed by atoms with Crippen molar-refractivity contribution < 1.29 is 9.53 Å². The summed E-state index contributed by atoms with van der Waals surface area (Å²) in [6.45, 7) is 3.87. The molecule has 0 heterocycles. The van der Waals surface area contributed by atoms with Crippen molar-refractivity contribution in [3.05, 3.63) is 29.3 Å². The summed E-state index contributed by atoms with van der Waals surface area (Å²) >= 11 is 0. The number of hydrogen-bond donors (Lipinski definition) is 0. The molecular formula is C16H22O2. The van der Waals surface area contributed by atoms with Gasteiger partial charge < -0.3 is 4.74 Å². The first kappa shape index (κ1) is 13.1. The highest BCUT2D eigenvalue weighted by molar-refractivity contribution is 5.89. The summed E-state index contributed by atoms with van der Waals surface area (Å²) in [5.41, 5.74) is 2.09. The van der Waals surface area contributed by atoms with Gasteiger partial charge in [-0.25, -0.2) is 0 Å². The van der Waals surface area contributed by atoms with Crippen LogP contribution in [0.5, 0.6) is 5.75 Å². The summed E-state index contributed by atoms with van der Waals surface area (Å²) in [7, 11) is 1.69. The molecule has 98 valence electrons. The number of aryl methyl sites for hydroxylation is 1. The second-order valence-electron chi connectivity index (χ2n) is 5.23. The van der Waals surface area contributed by atoms with E-state index in [1.807, 2.05) is 6.07 Å². The van der Waals surface area contributed by atoms with Gasteiger partial charge in [0.2, 0.25) is 0 Å². The number of carbonyl (C=O) groups is 1. The van der Waals surface area contributed by atoms with Gasteiger partial charge in [0.25, 0.3) is 0 Å². The van der Waals surface area contributed by atoms with E-state index >= 15 is 0 Å². The van der Waals surface area contributed by atoms with E-state index in [1.54, 1.807) is 14.0 Å². The Morgan fingerprint density at radius 1 is 1.33 bits per heavy atom. The minimum absolute atomic E-state index is 0.284. The van der Waals surface area contributed by atoms with Crippen LogP contribution >= 0.6 is 0 Å². The Hall–Kier alpha value is -1.31. The minimum atomic E-state index is -0.295. The molecule has 2 heteroatoms. The first-order valence-corrected chi connectivity index (χ1v) is 6.82. The Labute approximate surface area is 109 Å². The molecule has 1 saturated carbocycles. The Kier molecular flexibility index (Phi) is 3.74. The highest BCUT2D eigenvalue weighted by atomic mass is 16.5. The quantitative estimate of drug-likeness (QED) is 0.810. The summed E-state index contributed by atoms with van der Waals surface area (Å²) < 4.78 is 5.48. The molecule has 18 heavy (non-hydrogen) atoms. The number of hydrogen-bond acceptors (Lipinski definition) is 2. The molecule has 0 bridgehead atoms. The molecule has 1 fully saturated rings. The van der Waals surface area contributed by atoms with Gasteiger partial charge in [0.1, 0.15) is 11.5 Å². The molecule has 2 rings (SSSR count). The van der Waals surface area contributed by atoms with E-state index in [1.165, 1.54) is 5.56 Å². The summed E-state index contributed by atoms with van der Waals surface area (Å²) in [4.78, 5) is 12.2. The Balaban J connectivity index is 2.55. The second-order valence-corrected chi connectivity index (χ2v) is 5.23. The van der Waals surface area contributed by atoms with Gasteiger partial charge in [0.15, 0.2) is 0 Å². The van der Waals surface area contributed by atoms with Crippen molar-refractivity contribution in [2.24, 2.45) is 0 Å². The first-order valence-electron chi connectivity index (χ1n) is 6.82. The molecule has 0 radical (unpaired) electrons. The number of methoxy groups -OCH3 is 1. The van der Waals surface area contributed by atoms with Crippen LogP contribution in [-0.4, -0.2) is 12.9 Å². The van der Waals surface area contributed by atoms with E-state index in [-0.39, 0.29) is 11.2 Å². The van der Waals surface area contributed by atoms with E-state index in [9.17, 15) is 4.79 Å². The molecular weight excluding hydrogens is 224 g/mol. The first-order chi connectivity index (χ1) is 8.64. The van der Waals surface area contributed by atoms with Crippen molar-refractivity contribution in [2.45, 2.75) is 51.4 Å². The highest BCUT2D eigenvalue weighted by Gasteiger charge is 2.42. The maximum Gasteiger partial charge on any atom is 0.140 e. The van der Waals surface area contributed by atoms with Crippen molar-refractivity contribution >= 4 is 5.78 Å². The van der Waals surface area contributed by atoms with Gasteiger partial charge in [-0.3, -0.25) is 4.79 Å². The van der Waals surface area contributed by atoms with E-state index in [4.69, 9.17) is 4.74 Å². The average molecular weight is 246 g/mol. The molecule has 0 amide bonds. The van der Waals surface area contributed by atoms with Crippen LogP contribution in [0.15, 0.2) is 18.2 Å². The molecule has 1 aliphatic rings. The summed E-state index contributed by atoms with van der Waals surface area (Å²) in [6.07, 6.45) is 5.20. The fourth-order valence-electron chi connectivity index (χ4n) is 3.14. The van der Waals surface area contributed by atoms with Gasteiger partial charge in [0, 0.05) is 5.56 Å². The van der Waals surface area contributed by atoms with Crippen LogP contribution in [0.4, 0.5) is 0 Å². The van der Waals surface area contributed by atoms with E-state index < -0.39 is 0 Å². The molecule has 0 spiro atoms. The zero-order valence-corrected chi connectivity index (χ0v) is 11.6. The maximum atomic E-state index is 12.2. The highest BCUT2D eigenvalue weighted by Crippen LogP contribution is 2.45. The summed E-state index contributed by atoms with van der Waals surface area (Å²) in [6, 6.07) is 6.27. The Morgan fingerprint density at radius 2 is 2.00 bits per heavy atom. The lowest BCUT2D eigenvalue weighted by atomic mass is 9.74. The predicted molar refractivity (Wildman–Crippen MR) is 73.2 cm³/mol. The van der Waals surface area contributed by atoms with Gasteiger partial charge in [0.05, 0.1) is 12.5 Å². The van der Waals surface area contributed by atoms with Crippen LogP contribution in [0.25, 0.3) is 0 Å². The fraction of sp³-hybridized carbons (Fsp3) is 0.562. The van der Waals surface area contributed by atoms with Crippen molar-refractivity contribution in [1.29, 1.82) is 0 Å². The van der Waals surface area contributed by atoms with Crippen LogP contribution < -0.4 is 4.74 Å². The third-order valence-corrected chi connectivity index (χ3v) is 4.32. The average Bonchev–Trinajstić information content (AvgIpc) is 2.88. The fourth-order valence-corrected chi connectivity index (χ4v) is 3.14. The monoisotopic (exact) mass is 246 g/mol. The third kappa shape index (κ3) is 2.05. The van der Waals surface area contributed by atoms with E-state index in [0.717, 1.165) is 43.4 Å². The van der Waals surface area contributed by atoms with Crippen LogP contribution in [0, 0.1) is 0 Å². The van der Waals surface area contributed by atoms with Crippen molar-refractivity contribution in [3.63, 3.8) is 0 Å². The van der Waals surface area contributed by atoms with E-state index in [0.29, 0.717) is 0 Å². The molecule has 0 saturated heterocycles. The SMILES string of the molecule is CCc1ccc(OC)c(C2(C(C)=O)CCCC2)c1. The number of ether oxygens (including phenoxy) is 1. The van der Waals surface area contributed by atoms with Crippen molar-refractivity contribution in [1.82, 2.24) is 0 Å². The molecule has 1 aromatic carbocycles. The molecule has 0 aromatic heterocycles. The summed E-state index contributed by atoms with van der Waals surface area (Å²) in [5.74, 6) is 1.15. The lowest BCUT2D eigenvalue weighted by Gasteiger charge is -2.28. The van der Waals surface area contributed by atoms with Gasteiger partial charge in [-0.05, 0) is 37.8 Å². The normalized spacial score (nSPS) is 17.7. The third-order valence-electron chi connectivity index (χ3n) is 4.32. The smallest absolute Gasteiger partial charge is 0.140 e. The lowest BCUT2D eigenvalue weighted by molar-refractivity contribution is -0.122. The molecule has 2 nitrogen and oxygen atoms in total. The number of Topliss-reactive ketones (excluding diaryl/α,β-unsaturated/α-hetero) is 1. The van der Waals surface area contributed by atoms with Crippen LogP contribution in [0.1, 0.15) is 50.7 Å². The predicted octanol–water partition coefficient (Wildman–Crippen LogP) is 3.66. The molecule has 0 unspecified atom stereocenters. The van der Waals surface area contributed by atoms with Gasteiger partial charge >= 0.3 is 0 Å². The molecule has 0 aliphatic heterocycles. The molecule has 1 aromatic rings. The maximum absolute atomic E-state index is 12.2. The van der Waals surface area contributed by atoms with Crippen LogP contribution in [0.2, 0.25) is 0 Å². The molecule has 0 atom stereocenters. The number of carbonyl (C=O) groups excluding carboxylic acids is 1. The lowest BCUT2D eigenvalue weighted by Crippen LogP contribution is -2.31. The molecule has 1 aliphatic carbocycles. The van der Waals surface area contributed by atoms with Gasteiger partial charge in [-0.2, -0.15) is 0 Å². The zero-order valence-electron chi connectivity index (χ0n) is 11.6. The van der Waals surface area contributed by atoms with Crippen molar-refractivity contribution in [2.75, 3.05) is 7.11 Å². The number of rotatable bonds is 4. The van der Waals surface area contributed by atoms with Crippen LogP contribution in [0.3, 0.4) is 0 Å². The second kappa shape index (κ2) is 5.13. The van der Waals surface area contributed by atoms with E-state index in [2.05, 4.69) is 19.1 Å². The molecule has 0 N–H and O–H groups in total. The van der Waals surface area contributed by atoms with Gasteiger partial charge in [-0.15, -0.1) is 0 Å². The zero-order chi connectivity index (χ0) is 13.2. The Morgan fingerprint density at radius 3 is 2.50 bits per heavy atom. The number of ketones is 1.